The number of aromatic amines is 1. The second kappa shape index (κ2) is 5.76. The number of aryl methyl sites for hydroxylation is 1. The standard InChI is InChI=1S/C15H13N5O3/c1-20-8-10(15(22)23)13(19-20)14(21)16-12-7-11(17-18-12)9-5-3-2-4-6-9/h2-8H,1H3,(H,22,23)(H2,16,17,18,21). The first-order valence-corrected chi connectivity index (χ1v) is 6.73. The van der Waals surface area contributed by atoms with Gasteiger partial charge < -0.3 is 10.4 Å². The predicted molar refractivity (Wildman–Crippen MR) is 82.1 cm³/mol. The van der Waals surface area contributed by atoms with Crippen LogP contribution in [0.25, 0.3) is 11.3 Å². The minimum Gasteiger partial charge on any atom is -0.478 e. The molecule has 0 aliphatic carbocycles. The SMILES string of the molecule is Cn1cc(C(=O)O)c(C(=O)Nc2cc(-c3ccccc3)[nH]n2)n1. The second-order valence-corrected chi connectivity index (χ2v) is 4.86. The topological polar surface area (TPSA) is 113 Å². The molecule has 0 aliphatic heterocycles. The molecule has 0 aliphatic rings. The molecule has 0 spiro atoms. The average Bonchev–Trinajstić information content (AvgIpc) is 3.15. The Balaban J connectivity index is 1.82. The van der Waals surface area contributed by atoms with Crippen molar-refractivity contribution in [2.75, 3.05) is 5.32 Å². The van der Waals surface area contributed by atoms with Gasteiger partial charge in [0.1, 0.15) is 5.56 Å². The van der Waals surface area contributed by atoms with E-state index >= 15 is 0 Å². The van der Waals surface area contributed by atoms with Gasteiger partial charge in [-0.05, 0) is 5.56 Å². The van der Waals surface area contributed by atoms with Crippen molar-refractivity contribution in [3.05, 3.63) is 53.9 Å². The van der Waals surface area contributed by atoms with Gasteiger partial charge in [-0.3, -0.25) is 14.6 Å². The average molecular weight is 311 g/mol. The number of carboxylic acids is 1. The van der Waals surface area contributed by atoms with Crippen LogP contribution in [-0.4, -0.2) is 37.0 Å². The van der Waals surface area contributed by atoms with Gasteiger partial charge in [-0.1, -0.05) is 30.3 Å². The van der Waals surface area contributed by atoms with Crippen molar-refractivity contribution in [3.8, 4) is 11.3 Å². The van der Waals surface area contributed by atoms with Crippen LogP contribution >= 0.6 is 0 Å². The van der Waals surface area contributed by atoms with Crippen molar-refractivity contribution in [1.29, 1.82) is 0 Å². The number of anilines is 1. The van der Waals surface area contributed by atoms with Gasteiger partial charge in [0.2, 0.25) is 0 Å². The van der Waals surface area contributed by atoms with Gasteiger partial charge >= 0.3 is 5.97 Å². The zero-order valence-corrected chi connectivity index (χ0v) is 12.1. The highest BCUT2D eigenvalue weighted by atomic mass is 16.4. The first-order valence-electron chi connectivity index (χ1n) is 6.73. The molecule has 0 bridgehead atoms. The fourth-order valence-electron chi connectivity index (χ4n) is 2.14. The van der Waals surface area contributed by atoms with Crippen molar-refractivity contribution >= 4 is 17.7 Å². The van der Waals surface area contributed by atoms with Crippen LogP contribution in [-0.2, 0) is 7.05 Å². The van der Waals surface area contributed by atoms with Crippen LogP contribution < -0.4 is 5.32 Å². The number of amides is 1. The molecule has 0 atom stereocenters. The normalized spacial score (nSPS) is 10.5. The van der Waals surface area contributed by atoms with Crippen molar-refractivity contribution in [2.24, 2.45) is 7.05 Å². The molecule has 3 aromatic rings. The molecule has 2 heterocycles. The fraction of sp³-hybridized carbons (Fsp3) is 0.0667. The van der Waals surface area contributed by atoms with E-state index in [9.17, 15) is 9.59 Å². The van der Waals surface area contributed by atoms with Crippen LogP contribution in [0, 0.1) is 0 Å². The number of carboxylic acid groups (broad SMARTS) is 1. The Kier molecular flexibility index (Phi) is 3.63. The second-order valence-electron chi connectivity index (χ2n) is 4.86. The lowest BCUT2D eigenvalue weighted by molar-refractivity contribution is 0.0692. The van der Waals surface area contributed by atoms with E-state index in [1.54, 1.807) is 13.1 Å². The third-order valence-corrected chi connectivity index (χ3v) is 3.18. The maximum absolute atomic E-state index is 12.2. The molecular weight excluding hydrogens is 298 g/mol. The number of hydrogen-bond donors (Lipinski definition) is 3. The first kappa shape index (κ1) is 14.5. The number of H-pyrrole nitrogens is 1. The van der Waals surface area contributed by atoms with Crippen LogP contribution in [0.1, 0.15) is 20.8 Å². The van der Waals surface area contributed by atoms with Gasteiger partial charge in [-0.2, -0.15) is 10.2 Å². The summed E-state index contributed by atoms with van der Waals surface area (Å²) in [6, 6.07) is 11.2. The van der Waals surface area contributed by atoms with E-state index in [2.05, 4.69) is 20.6 Å². The first-order chi connectivity index (χ1) is 11.0. The minimum atomic E-state index is -1.21. The van der Waals surface area contributed by atoms with E-state index in [0.29, 0.717) is 0 Å². The number of aromatic nitrogens is 4. The molecule has 116 valence electrons. The van der Waals surface area contributed by atoms with E-state index in [4.69, 9.17) is 5.11 Å². The van der Waals surface area contributed by atoms with E-state index in [1.165, 1.54) is 10.9 Å². The molecule has 0 unspecified atom stereocenters. The van der Waals surface area contributed by atoms with E-state index in [0.717, 1.165) is 11.3 Å². The monoisotopic (exact) mass is 311 g/mol. The van der Waals surface area contributed by atoms with Gasteiger partial charge in [0.05, 0.1) is 5.69 Å². The number of benzene rings is 1. The number of carbonyl (C=O) groups is 2. The van der Waals surface area contributed by atoms with Crippen molar-refractivity contribution < 1.29 is 14.7 Å². The van der Waals surface area contributed by atoms with Gasteiger partial charge in [0.25, 0.3) is 5.91 Å². The number of carbonyl (C=O) groups excluding carboxylic acids is 1. The molecule has 8 nitrogen and oxygen atoms in total. The highest BCUT2D eigenvalue weighted by molar-refractivity contribution is 6.09. The molecule has 1 aromatic carbocycles. The zero-order chi connectivity index (χ0) is 16.4. The van der Waals surface area contributed by atoms with Crippen LogP contribution in [0.2, 0.25) is 0 Å². The summed E-state index contributed by atoms with van der Waals surface area (Å²) in [6.45, 7) is 0. The molecule has 0 saturated heterocycles. The summed E-state index contributed by atoms with van der Waals surface area (Å²) in [5.41, 5.74) is 1.33. The third kappa shape index (κ3) is 2.95. The number of rotatable bonds is 4. The molecule has 3 N–H and O–H groups in total. The summed E-state index contributed by atoms with van der Waals surface area (Å²) in [5, 5.41) is 22.3. The smallest absolute Gasteiger partial charge is 0.339 e. The number of nitrogens with one attached hydrogen (secondary N) is 2. The quantitative estimate of drug-likeness (QED) is 0.679. The Morgan fingerprint density at radius 2 is 2.00 bits per heavy atom. The predicted octanol–water partition coefficient (Wildman–Crippen LogP) is 1.76. The summed E-state index contributed by atoms with van der Waals surface area (Å²) < 4.78 is 1.28. The number of hydrogen-bond acceptors (Lipinski definition) is 4. The zero-order valence-electron chi connectivity index (χ0n) is 12.1. The van der Waals surface area contributed by atoms with Crippen molar-refractivity contribution in [3.63, 3.8) is 0 Å². The van der Waals surface area contributed by atoms with Crippen molar-refractivity contribution in [2.45, 2.75) is 0 Å². The van der Waals surface area contributed by atoms with Gasteiger partial charge in [0, 0.05) is 19.3 Å². The number of nitrogens with zero attached hydrogens (tertiary/aromatic N) is 3. The van der Waals surface area contributed by atoms with E-state index in [-0.39, 0.29) is 17.1 Å². The van der Waals surface area contributed by atoms with Crippen LogP contribution in [0.15, 0.2) is 42.6 Å². The third-order valence-electron chi connectivity index (χ3n) is 3.18. The maximum atomic E-state index is 12.2. The summed E-state index contributed by atoms with van der Waals surface area (Å²) in [5.74, 6) is -1.56. The molecule has 0 radical (unpaired) electrons. The summed E-state index contributed by atoms with van der Waals surface area (Å²) in [6.07, 6.45) is 1.27. The molecule has 0 saturated carbocycles. The largest absolute Gasteiger partial charge is 0.478 e. The summed E-state index contributed by atoms with van der Waals surface area (Å²) >= 11 is 0. The van der Waals surface area contributed by atoms with Crippen LogP contribution in [0.5, 0.6) is 0 Å². The van der Waals surface area contributed by atoms with E-state index < -0.39 is 11.9 Å². The minimum absolute atomic E-state index is 0.163. The molecule has 3 rings (SSSR count). The summed E-state index contributed by atoms with van der Waals surface area (Å²) in [4.78, 5) is 23.3. The lowest BCUT2D eigenvalue weighted by Gasteiger charge is -1.99. The Bertz CT molecular complexity index is 866. The molecule has 8 heteroatoms. The van der Waals surface area contributed by atoms with Crippen molar-refractivity contribution in [1.82, 2.24) is 20.0 Å². The molecule has 23 heavy (non-hydrogen) atoms. The van der Waals surface area contributed by atoms with Gasteiger partial charge in [-0.15, -0.1) is 0 Å². The Morgan fingerprint density at radius 1 is 1.26 bits per heavy atom. The molecular formula is C15H13N5O3. The summed E-state index contributed by atoms with van der Waals surface area (Å²) in [7, 11) is 1.55. The lowest BCUT2D eigenvalue weighted by Crippen LogP contribution is -2.16. The van der Waals surface area contributed by atoms with Crippen LogP contribution in [0.4, 0.5) is 5.82 Å². The maximum Gasteiger partial charge on any atom is 0.339 e. The Morgan fingerprint density at radius 3 is 2.70 bits per heavy atom. The molecule has 0 fully saturated rings. The van der Waals surface area contributed by atoms with Gasteiger partial charge in [0.15, 0.2) is 11.5 Å². The lowest BCUT2D eigenvalue weighted by atomic mass is 10.1. The number of aromatic carboxylic acids is 1. The van der Waals surface area contributed by atoms with Crippen LogP contribution in [0.3, 0.4) is 0 Å². The van der Waals surface area contributed by atoms with Gasteiger partial charge in [-0.25, -0.2) is 4.79 Å². The highest BCUT2D eigenvalue weighted by Gasteiger charge is 2.21. The Hall–Kier alpha value is -3.42. The molecule has 1 amide bonds. The van der Waals surface area contributed by atoms with E-state index in [1.807, 2.05) is 30.3 Å². The molecule has 2 aromatic heterocycles. The Labute approximate surface area is 130 Å². The fourth-order valence-corrected chi connectivity index (χ4v) is 2.14. The highest BCUT2D eigenvalue weighted by Crippen LogP contribution is 2.19.